The second-order valence-electron chi connectivity index (χ2n) is 2.01. The molecule has 2 unspecified atom stereocenters. The van der Waals surface area contributed by atoms with Crippen LogP contribution in [-0.4, -0.2) is 23.9 Å². The highest BCUT2D eigenvalue weighted by atomic mass is 16.3. The van der Waals surface area contributed by atoms with E-state index in [1.54, 1.807) is 0 Å². The van der Waals surface area contributed by atoms with Crippen molar-refractivity contribution < 1.29 is 5.11 Å². The molecule has 0 spiro atoms. The summed E-state index contributed by atoms with van der Waals surface area (Å²) in [4.78, 5) is 0. The summed E-state index contributed by atoms with van der Waals surface area (Å²) in [5.74, 6) is 0. The van der Waals surface area contributed by atoms with Crippen molar-refractivity contribution in [2.24, 2.45) is 5.73 Å². The third-order valence-corrected chi connectivity index (χ3v) is 1.20. The number of aliphatic hydroxyl groups is 1. The van der Waals surface area contributed by atoms with E-state index in [-0.39, 0.29) is 18.8 Å². The van der Waals surface area contributed by atoms with Crippen molar-refractivity contribution in [3.05, 3.63) is 0 Å². The SMILES string of the molecule is CC(N)C(C)NCO. The monoisotopic (exact) mass is 118 g/mol. The fourth-order valence-corrected chi connectivity index (χ4v) is 0.330. The van der Waals surface area contributed by atoms with E-state index in [0.717, 1.165) is 0 Å². The zero-order valence-corrected chi connectivity index (χ0v) is 5.39. The van der Waals surface area contributed by atoms with E-state index in [0.29, 0.717) is 0 Å². The molecule has 0 rings (SSSR count). The molecule has 0 aromatic heterocycles. The van der Waals surface area contributed by atoms with Crippen LogP contribution in [0.15, 0.2) is 0 Å². The molecule has 0 amide bonds. The molecular weight excluding hydrogens is 104 g/mol. The molecule has 3 nitrogen and oxygen atoms in total. The third-order valence-electron chi connectivity index (χ3n) is 1.20. The zero-order valence-electron chi connectivity index (χ0n) is 5.39. The third kappa shape index (κ3) is 2.96. The molecule has 0 aromatic rings. The Bertz CT molecular complexity index is 56.4. The summed E-state index contributed by atoms with van der Waals surface area (Å²) in [7, 11) is 0. The molecule has 3 heteroatoms. The van der Waals surface area contributed by atoms with Gasteiger partial charge in [-0.2, -0.15) is 0 Å². The Morgan fingerprint density at radius 3 is 2.25 bits per heavy atom. The quantitative estimate of drug-likeness (QED) is 0.428. The normalized spacial score (nSPS) is 18.0. The second-order valence-corrected chi connectivity index (χ2v) is 2.01. The molecule has 0 aromatic carbocycles. The van der Waals surface area contributed by atoms with Crippen molar-refractivity contribution in [3.8, 4) is 0 Å². The van der Waals surface area contributed by atoms with Crippen LogP contribution in [0.25, 0.3) is 0 Å². The van der Waals surface area contributed by atoms with Gasteiger partial charge in [-0.25, -0.2) is 0 Å². The molecule has 2 atom stereocenters. The number of hydrogen-bond donors (Lipinski definition) is 3. The van der Waals surface area contributed by atoms with Crippen molar-refractivity contribution in [1.29, 1.82) is 0 Å². The Kier molecular flexibility index (Phi) is 3.77. The van der Waals surface area contributed by atoms with E-state index in [9.17, 15) is 0 Å². The van der Waals surface area contributed by atoms with E-state index >= 15 is 0 Å². The van der Waals surface area contributed by atoms with Crippen LogP contribution < -0.4 is 11.1 Å². The Balaban J connectivity index is 3.17. The first kappa shape index (κ1) is 7.88. The van der Waals surface area contributed by atoms with Gasteiger partial charge in [-0.1, -0.05) is 0 Å². The number of rotatable bonds is 3. The second kappa shape index (κ2) is 3.83. The molecule has 0 saturated heterocycles. The fourth-order valence-electron chi connectivity index (χ4n) is 0.330. The van der Waals surface area contributed by atoms with E-state index in [2.05, 4.69) is 5.32 Å². The lowest BCUT2D eigenvalue weighted by Crippen LogP contribution is -2.41. The molecule has 0 bridgehead atoms. The van der Waals surface area contributed by atoms with Crippen LogP contribution in [0.1, 0.15) is 13.8 Å². The molecule has 0 aliphatic carbocycles. The highest BCUT2D eigenvalue weighted by Gasteiger charge is 2.03. The summed E-state index contributed by atoms with van der Waals surface area (Å²) in [5, 5.41) is 11.1. The number of nitrogens with two attached hydrogens (primary N) is 1. The summed E-state index contributed by atoms with van der Waals surface area (Å²) >= 11 is 0. The Morgan fingerprint density at radius 1 is 1.62 bits per heavy atom. The standard InChI is InChI=1S/C5H14N2O/c1-4(6)5(2)7-3-8/h4-5,7-8H,3,6H2,1-2H3. The Morgan fingerprint density at radius 2 is 2.12 bits per heavy atom. The van der Waals surface area contributed by atoms with Crippen molar-refractivity contribution in [2.75, 3.05) is 6.73 Å². The molecule has 50 valence electrons. The Labute approximate surface area is 49.9 Å². The largest absolute Gasteiger partial charge is 0.381 e. The maximum absolute atomic E-state index is 8.32. The van der Waals surface area contributed by atoms with Gasteiger partial charge in [-0.05, 0) is 13.8 Å². The molecule has 4 N–H and O–H groups in total. The molecule has 0 saturated carbocycles. The maximum atomic E-state index is 8.32. The van der Waals surface area contributed by atoms with Gasteiger partial charge in [-0.15, -0.1) is 0 Å². The predicted octanol–water partition coefficient (Wildman–Crippen LogP) is -0.738. The average molecular weight is 118 g/mol. The van der Waals surface area contributed by atoms with Gasteiger partial charge in [0.2, 0.25) is 0 Å². The molecule has 0 aliphatic rings. The van der Waals surface area contributed by atoms with Gasteiger partial charge in [0.25, 0.3) is 0 Å². The van der Waals surface area contributed by atoms with Gasteiger partial charge in [0, 0.05) is 12.1 Å². The van der Waals surface area contributed by atoms with Gasteiger partial charge >= 0.3 is 0 Å². The van der Waals surface area contributed by atoms with E-state index in [4.69, 9.17) is 10.8 Å². The van der Waals surface area contributed by atoms with Gasteiger partial charge in [0.1, 0.15) is 0 Å². The maximum Gasteiger partial charge on any atom is 0.0934 e. The van der Waals surface area contributed by atoms with E-state index in [1.165, 1.54) is 0 Å². The molecule has 0 heterocycles. The molecule has 8 heavy (non-hydrogen) atoms. The molecular formula is C5H14N2O. The summed E-state index contributed by atoms with van der Waals surface area (Å²) in [6, 6.07) is 0.294. The fraction of sp³-hybridized carbons (Fsp3) is 1.00. The van der Waals surface area contributed by atoms with Crippen molar-refractivity contribution in [2.45, 2.75) is 25.9 Å². The average Bonchev–Trinajstić information content (AvgIpc) is 1.67. The first-order valence-electron chi connectivity index (χ1n) is 2.78. The first-order valence-corrected chi connectivity index (χ1v) is 2.78. The van der Waals surface area contributed by atoms with Crippen LogP contribution in [0, 0.1) is 0 Å². The minimum absolute atomic E-state index is 0.00269. The van der Waals surface area contributed by atoms with Crippen LogP contribution in [0.2, 0.25) is 0 Å². The van der Waals surface area contributed by atoms with Crippen LogP contribution in [0.5, 0.6) is 0 Å². The molecule has 0 radical (unpaired) electrons. The molecule has 0 aliphatic heterocycles. The highest BCUT2D eigenvalue weighted by molar-refractivity contribution is 4.67. The summed E-state index contributed by atoms with van der Waals surface area (Å²) in [5.41, 5.74) is 5.45. The van der Waals surface area contributed by atoms with Gasteiger partial charge in [0.05, 0.1) is 6.73 Å². The lowest BCUT2D eigenvalue weighted by molar-refractivity contribution is 0.237. The van der Waals surface area contributed by atoms with Crippen LogP contribution in [-0.2, 0) is 0 Å². The van der Waals surface area contributed by atoms with Crippen molar-refractivity contribution >= 4 is 0 Å². The minimum atomic E-state index is 0.00269. The van der Waals surface area contributed by atoms with Crippen LogP contribution in [0.4, 0.5) is 0 Å². The summed E-state index contributed by atoms with van der Waals surface area (Å²) < 4.78 is 0. The van der Waals surface area contributed by atoms with Crippen LogP contribution >= 0.6 is 0 Å². The predicted molar refractivity (Wildman–Crippen MR) is 33.3 cm³/mol. The van der Waals surface area contributed by atoms with E-state index < -0.39 is 0 Å². The summed E-state index contributed by atoms with van der Waals surface area (Å²) in [6.45, 7) is 3.83. The topological polar surface area (TPSA) is 58.3 Å². The number of nitrogens with one attached hydrogen (secondary N) is 1. The van der Waals surface area contributed by atoms with E-state index in [1.807, 2.05) is 13.8 Å². The number of hydrogen-bond acceptors (Lipinski definition) is 3. The van der Waals surface area contributed by atoms with Gasteiger partial charge in [-0.3, -0.25) is 5.32 Å². The summed E-state index contributed by atoms with van der Waals surface area (Å²) in [6.07, 6.45) is 0. The van der Waals surface area contributed by atoms with Gasteiger partial charge < -0.3 is 10.8 Å². The smallest absolute Gasteiger partial charge is 0.0934 e. The lowest BCUT2D eigenvalue weighted by Gasteiger charge is -2.14. The Hall–Kier alpha value is -0.120. The zero-order chi connectivity index (χ0) is 6.57. The van der Waals surface area contributed by atoms with Crippen LogP contribution in [0.3, 0.4) is 0 Å². The number of aliphatic hydroxyl groups excluding tert-OH is 1. The highest BCUT2D eigenvalue weighted by Crippen LogP contribution is 1.83. The minimum Gasteiger partial charge on any atom is -0.381 e. The first-order chi connectivity index (χ1) is 3.68. The van der Waals surface area contributed by atoms with Gasteiger partial charge in [0.15, 0.2) is 0 Å². The van der Waals surface area contributed by atoms with Crippen molar-refractivity contribution in [1.82, 2.24) is 5.32 Å². The van der Waals surface area contributed by atoms with Crippen molar-refractivity contribution in [3.63, 3.8) is 0 Å². The lowest BCUT2D eigenvalue weighted by atomic mass is 10.2. The molecule has 0 fully saturated rings.